The Bertz CT molecular complexity index is 319. The van der Waals surface area contributed by atoms with Crippen LogP contribution in [0.25, 0.3) is 0 Å². The average molecular weight is 192 g/mol. The molecule has 2 rings (SSSR count). The third-order valence-electron chi connectivity index (χ3n) is 2.68. The molecule has 0 aliphatic carbocycles. The summed E-state index contributed by atoms with van der Waals surface area (Å²) < 4.78 is 0. The van der Waals surface area contributed by atoms with Crippen molar-refractivity contribution in [3.8, 4) is 0 Å². The predicted molar refractivity (Wildman–Crippen MR) is 55.1 cm³/mol. The van der Waals surface area contributed by atoms with Crippen LogP contribution in [0.4, 0.5) is 0 Å². The molecule has 1 aromatic heterocycles. The summed E-state index contributed by atoms with van der Waals surface area (Å²) in [6.07, 6.45) is 1.48. The Morgan fingerprint density at radius 2 is 2.43 bits per heavy atom. The summed E-state index contributed by atoms with van der Waals surface area (Å²) in [6.45, 7) is 3.56. The lowest BCUT2D eigenvalue weighted by molar-refractivity contribution is 0.0609. The van der Waals surface area contributed by atoms with E-state index in [1.165, 1.54) is 0 Å². The zero-order valence-corrected chi connectivity index (χ0v) is 8.45. The first kappa shape index (κ1) is 9.62. The van der Waals surface area contributed by atoms with E-state index in [4.69, 9.17) is 0 Å². The van der Waals surface area contributed by atoms with Crippen LogP contribution in [0.5, 0.6) is 0 Å². The van der Waals surface area contributed by atoms with Crippen molar-refractivity contribution in [1.82, 2.24) is 10.3 Å². The average Bonchev–Trinajstić information content (AvgIpc) is 2.51. The number of pyridine rings is 1. The van der Waals surface area contributed by atoms with E-state index in [9.17, 15) is 5.11 Å². The highest BCUT2D eigenvalue weighted by atomic mass is 16.3. The third-order valence-corrected chi connectivity index (χ3v) is 2.68. The summed E-state index contributed by atoms with van der Waals surface area (Å²) in [5.41, 5.74) is 1.41. The molecule has 0 amide bonds. The number of aliphatic hydroxyl groups is 1. The number of nitrogens with one attached hydrogen (secondary N) is 1. The van der Waals surface area contributed by atoms with Crippen LogP contribution in [0.1, 0.15) is 17.8 Å². The van der Waals surface area contributed by atoms with Gasteiger partial charge in [0.15, 0.2) is 0 Å². The van der Waals surface area contributed by atoms with E-state index < -0.39 is 5.60 Å². The summed E-state index contributed by atoms with van der Waals surface area (Å²) in [7, 11) is 0. The number of aromatic nitrogens is 1. The highest BCUT2D eigenvalue weighted by Crippen LogP contribution is 2.19. The van der Waals surface area contributed by atoms with Gasteiger partial charge in [-0.05, 0) is 32.0 Å². The summed E-state index contributed by atoms with van der Waals surface area (Å²) in [5.74, 6) is 0. The van der Waals surface area contributed by atoms with E-state index in [2.05, 4.69) is 10.3 Å². The smallest absolute Gasteiger partial charge is 0.0838 e. The SMILES string of the molecule is Cc1cccc(CC2(O)CCNC2)n1. The van der Waals surface area contributed by atoms with Crippen LogP contribution >= 0.6 is 0 Å². The van der Waals surface area contributed by atoms with Gasteiger partial charge in [0.05, 0.1) is 5.60 Å². The van der Waals surface area contributed by atoms with Gasteiger partial charge in [-0.15, -0.1) is 0 Å². The molecule has 3 nitrogen and oxygen atoms in total. The molecule has 76 valence electrons. The van der Waals surface area contributed by atoms with E-state index in [-0.39, 0.29) is 0 Å². The molecule has 14 heavy (non-hydrogen) atoms. The number of aryl methyl sites for hydroxylation is 1. The second kappa shape index (κ2) is 3.67. The number of β-amino-alcohol motifs (C(OH)–C–C–N with tert-alkyl or cyclic N) is 1. The maximum absolute atomic E-state index is 10.1. The van der Waals surface area contributed by atoms with Crippen molar-refractivity contribution in [2.45, 2.75) is 25.4 Å². The van der Waals surface area contributed by atoms with E-state index in [1.54, 1.807) is 0 Å². The molecule has 0 aromatic carbocycles. The summed E-state index contributed by atoms with van der Waals surface area (Å²) >= 11 is 0. The van der Waals surface area contributed by atoms with Crippen molar-refractivity contribution in [1.29, 1.82) is 0 Å². The van der Waals surface area contributed by atoms with Gasteiger partial charge in [0.1, 0.15) is 0 Å². The molecule has 1 fully saturated rings. The van der Waals surface area contributed by atoms with Crippen LogP contribution in [0.3, 0.4) is 0 Å². The van der Waals surface area contributed by atoms with Gasteiger partial charge in [0, 0.05) is 24.4 Å². The minimum atomic E-state index is -0.583. The lowest BCUT2D eigenvalue weighted by Gasteiger charge is -2.20. The summed E-state index contributed by atoms with van der Waals surface area (Å²) in [6, 6.07) is 5.94. The van der Waals surface area contributed by atoms with E-state index in [1.807, 2.05) is 25.1 Å². The lowest BCUT2D eigenvalue weighted by Crippen LogP contribution is -2.34. The fraction of sp³-hybridized carbons (Fsp3) is 0.545. The minimum absolute atomic E-state index is 0.583. The van der Waals surface area contributed by atoms with Crippen molar-refractivity contribution < 1.29 is 5.11 Å². The zero-order valence-electron chi connectivity index (χ0n) is 8.45. The number of hydrogen-bond acceptors (Lipinski definition) is 3. The minimum Gasteiger partial charge on any atom is -0.388 e. The van der Waals surface area contributed by atoms with Gasteiger partial charge in [-0.25, -0.2) is 0 Å². The maximum atomic E-state index is 10.1. The Balaban J connectivity index is 2.10. The Morgan fingerprint density at radius 3 is 3.07 bits per heavy atom. The second-order valence-corrected chi connectivity index (χ2v) is 4.10. The first-order chi connectivity index (χ1) is 6.68. The van der Waals surface area contributed by atoms with E-state index in [0.29, 0.717) is 13.0 Å². The van der Waals surface area contributed by atoms with Gasteiger partial charge in [-0.2, -0.15) is 0 Å². The van der Waals surface area contributed by atoms with Crippen LogP contribution in [0, 0.1) is 6.92 Å². The fourth-order valence-corrected chi connectivity index (χ4v) is 1.92. The van der Waals surface area contributed by atoms with Crippen LogP contribution < -0.4 is 5.32 Å². The van der Waals surface area contributed by atoms with Crippen LogP contribution in [0.2, 0.25) is 0 Å². The standard InChI is InChI=1S/C11H16N2O/c1-9-3-2-4-10(13-9)7-11(14)5-6-12-8-11/h2-4,12,14H,5-8H2,1H3. The number of rotatable bonds is 2. The molecular formula is C11H16N2O. The molecule has 0 saturated carbocycles. The van der Waals surface area contributed by atoms with Crippen molar-refractivity contribution in [3.05, 3.63) is 29.6 Å². The molecule has 1 aromatic rings. The normalized spacial score (nSPS) is 26.7. The first-order valence-corrected chi connectivity index (χ1v) is 5.04. The van der Waals surface area contributed by atoms with Gasteiger partial charge in [-0.3, -0.25) is 4.98 Å². The molecule has 1 unspecified atom stereocenters. The third kappa shape index (κ3) is 2.11. The number of hydrogen-bond donors (Lipinski definition) is 2. The van der Waals surface area contributed by atoms with E-state index in [0.717, 1.165) is 24.4 Å². The molecule has 0 bridgehead atoms. The van der Waals surface area contributed by atoms with Crippen LogP contribution in [-0.2, 0) is 6.42 Å². The Labute approximate surface area is 84.2 Å². The molecule has 1 aliphatic heterocycles. The van der Waals surface area contributed by atoms with Crippen LogP contribution in [-0.4, -0.2) is 28.8 Å². The molecule has 2 heterocycles. The van der Waals surface area contributed by atoms with Crippen molar-refractivity contribution >= 4 is 0 Å². The van der Waals surface area contributed by atoms with Crippen molar-refractivity contribution in [2.75, 3.05) is 13.1 Å². The molecule has 1 saturated heterocycles. The van der Waals surface area contributed by atoms with Gasteiger partial charge in [0.25, 0.3) is 0 Å². The Morgan fingerprint density at radius 1 is 1.57 bits per heavy atom. The molecule has 1 atom stereocenters. The van der Waals surface area contributed by atoms with Gasteiger partial charge in [0.2, 0.25) is 0 Å². The van der Waals surface area contributed by atoms with E-state index >= 15 is 0 Å². The molecule has 1 aliphatic rings. The van der Waals surface area contributed by atoms with Gasteiger partial charge in [-0.1, -0.05) is 6.07 Å². The molecular weight excluding hydrogens is 176 g/mol. The predicted octanol–water partition coefficient (Wildman–Crippen LogP) is 0.657. The zero-order chi connectivity index (χ0) is 10.0. The molecule has 0 radical (unpaired) electrons. The molecule has 2 N–H and O–H groups in total. The van der Waals surface area contributed by atoms with Crippen molar-refractivity contribution in [2.24, 2.45) is 0 Å². The quantitative estimate of drug-likeness (QED) is 0.723. The summed E-state index contributed by atoms with van der Waals surface area (Å²) in [5, 5.41) is 13.3. The van der Waals surface area contributed by atoms with Crippen LogP contribution in [0.15, 0.2) is 18.2 Å². The largest absolute Gasteiger partial charge is 0.388 e. The molecule has 0 spiro atoms. The Kier molecular flexibility index (Phi) is 2.52. The highest BCUT2D eigenvalue weighted by Gasteiger charge is 2.31. The Hall–Kier alpha value is -0.930. The molecule has 3 heteroatoms. The lowest BCUT2D eigenvalue weighted by atomic mass is 9.96. The first-order valence-electron chi connectivity index (χ1n) is 5.04. The monoisotopic (exact) mass is 192 g/mol. The fourth-order valence-electron chi connectivity index (χ4n) is 1.92. The number of nitrogens with zero attached hydrogens (tertiary/aromatic N) is 1. The van der Waals surface area contributed by atoms with Crippen molar-refractivity contribution in [3.63, 3.8) is 0 Å². The van der Waals surface area contributed by atoms with Gasteiger partial charge < -0.3 is 10.4 Å². The highest BCUT2D eigenvalue weighted by molar-refractivity contribution is 5.13. The topological polar surface area (TPSA) is 45.1 Å². The second-order valence-electron chi connectivity index (χ2n) is 4.10. The summed E-state index contributed by atoms with van der Waals surface area (Å²) in [4.78, 5) is 4.39. The maximum Gasteiger partial charge on any atom is 0.0838 e. The van der Waals surface area contributed by atoms with Gasteiger partial charge >= 0.3 is 0 Å².